The van der Waals surface area contributed by atoms with Crippen LogP contribution in [0, 0.1) is 13.8 Å². The number of carbonyl (C=O) groups excluding carboxylic acids is 2. The van der Waals surface area contributed by atoms with E-state index in [0.717, 1.165) is 26.2 Å². The number of aryl methyl sites for hydroxylation is 2. The number of carbonyl (C=O) groups is 2. The molecule has 2 amide bonds. The summed E-state index contributed by atoms with van der Waals surface area (Å²) < 4.78 is 15.9. The van der Waals surface area contributed by atoms with Crippen molar-refractivity contribution in [2.45, 2.75) is 19.9 Å². The Hall–Kier alpha value is -3.72. The van der Waals surface area contributed by atoms with Crippen LogP contribution in [-0.4, -0.2) is 71.0 Å². The number of methoxy groups -OCH3 is 3. The molecule has 1 fully saturated rings. The lowest BCUT2D eigenvalue weighted by molar-refractivity contribution is -0.136. The fourth-order valence-electron chi connectivity index (χ4n) is 4.81. The van der Waals surface area contributed by atoms with Crippen LogP contribution in [0.15, 0.2) is 47.7 Å². The standard InChI is InChI=1S/C27H34N4O5/c1-17-6-7-18(2)21(14-17)31-12-10-30(11-13-31)16-20-24(26(32)36-5)25(29-27(33)28-20)19-8-9-22(34-3)23(15-19)35-4/h6-9,14-15,25H,10-13,16H2,1-5H3,(H2,28,29,33). The molecule has 36 heavy (non-hydrogen) atoms. The molecule has 1 saturated heterocycles. The molecule has 9 nitrogen and oxygen atoms in total. The third kappa shape index (κ3) is 5.26. The van der Waals surface area contributed by atoms with E-state index in [2.05, 4.69) is 52.5 Å². The number of nitrogens with zero attached hydrogens (tertiary/aromatic N) is 2. The van der Waals surface area contributed by atoms with Gasteiger partial charge in [0.2, 0.25) is 0 Å². The fourth-order valence-corrected chi connectivity index (χ4v) is 4.81. The molecule has 0 aliphatic carbocycles. The summed E-state index contributed by atoms with van der Waals surface area (Å²) in [5.74, 6) is 0.578. The highest BCUT2D eigenvalue weighted by atomic mass is 16.5. The molecule has 0 aromatic heterocycles. The monoisotopic (exact) mass is 494 g/mol. The Morgan fingerprint density at radius 2 is 1.69 bits per heavy atom. The van der Waals surface area contributed by atoms with Crippen molar-refractivity contribution in [3.05, 3.63) is 64.4 Å². The van der Waals surface area contributed by atoms with E-state index in [1.54, 1.807) is 32.4 Å². The number of urea groups is 1. The van der Waals surface area contributed by atoms with Gasteiger partial charge in [-0.2, -0.15) is 0 Å². The van der Waals surface area contributed by atoms with Crippen molar-refractivity contribution in [1.29, 1.82) is 0 Å². The van der Waals surface area contributed by atoms with Crippen molar-refractivity contribution in [2.24, 2.45) is 0 Å². The van der Waals surface area contributed by atoms with E-state index >= 15 is 0 Å². The van der Waals surface area contributed by atoms with E-state index in [4.69, 9.17) is 14.2 Å². The molecule has 1 atom stereocenters. The zero-order chi connectivity index (χ0) is 25.8. The summed E-state index contributed by atoms with van der Waals surface area (Å²) in [4.78, 5) is 30.2. The number of nitrogens with one attached hydrogen (secondary N) is 2. The zero-order valence-electron chi connectivity index (χ0n) is 21.5. The summed E-state index contributed by atoms with van der Waals surface area (Å²) in [6, 6.07) is 10.8. The van der Waals surface area contributed by atoms with Gasteiger partial charge in [0.1, 0.15) is 0 Å². The fraction of sp³-hybridized carbons (Fsp3) is 0.407. The first kappa shape index (κ1) is 25.4. The predicted molar refractivity (Wildman–Crippen MR) is 138 cm³/mol. The Morgan fingerprint density at radius 1 is 0.972 bits per heavy atom. The van der Waals surface area contributed by atoms with Gasteiger partial charge in [0.05, 0.1) is 32.9 Å². The van der Waals surface area contributed by atoms with Gasteiger partial charge < -0.3 is 29.7 Å². The molecule has 2 aromatic rings. The second-order valence-corrected chi connectivity index (χ2v) is 9.08. The van der Waals surface area contributed by atoms with Gasteiger partial charge in [-0.3, -0.25) is 4.90 Å². The van der Waals surface area contributed by atoms with E-state index in [0.29, 0.717) is 34.9 Å². The maximum Gasteiger partial charge on any atom is 0.338 e. The summed E-state index contributed by atoms with van der Waals surface area (Å²) in [6.45, 7) is 7.99. The molecule has 2 N–H and O–H groups in total. The van der Waals surface area contributed by atoms with Gasteiger partial charge in [0, 0.05) is 44.1 Å². The summed E-state index contributed by atoms with van der Waals surface area (Å²) in [5.41, 5.74) is 5.37. The molecule has 2 heterocycles. The average molecular weight is 495 g/mol. The topological polar surface area (TPSA) is 92.4 Å². The molecule has 1 unspecified atom stereocenters. The number of hydrogen-bond donors (Lipinski definition) is 2. The van der Waals surface area contributed by atoms with Gasteiger partial charge >= 0.3 is 12.0 Å². The van der Waals surface area contributed by atoms with E-state index in [-0.39, 0.29) is 6.03 Å². The molecule has 0 spiro atoms. The van der Waals surface area contributed by atoms with Crippen molar-refractivity contribution in [3.63, 3.8) is 0 Å². The van der Waals surface area contributed by atoms with Gasteiger partial charge in [-0.15, -0.1) is 0 Å². The maximum absolute atomic E-state index is 12.9. The first-order valence-corrected chi connectivity index (χ1v) is 12.0. The summed E-state index contributed by atoms with van der Waals surface area (Å²) in [6.07, 6.45) is 0. The average Bonchev–Trinajstić information content (AvgIpc) is 2.89. The van der Waals surface area contributed by atoms with E-state index in [1.807, 2.05) is 0 Å². The highest BCUT2D eigenvalue weighted by molar-refractivity contribution is 5.95. The van der Waals surface area contributed by atoms with E-state index in [9.17, 15) is 9.59 Å². The van der Waals surface area contributed by atoms with Crippen LogP contribution in [-0.2, 0) is 9.53 Å². The number of hydrogen-bond acceptors (Lipinski definition) is 7. The van der Waals surface area contributed by atoms with Gasteiger partial charge in [0.15, 0.2) is 11.5 Å². The summed E-state index contributed by atoms with van der Waals surface area (Å²) >= 11 is 0. The quantitative estimate of drug-likeness (QED) is 0.572. The second kappa shape index (κ2) is 10.9. The molecule has 0 saturated carbocycles. The Kier molecular flexibility index (Phi) is 7.69. The first-order valence-electron chi connectivity index (χ1n) is 12.0. The van der Waals surface area contributed by atoms with Crippen LogP contribution >= 0.6 is 0 Å². The van der Waals surface area contributed by atoms with Crippen LogP contribution in [0.5, 0.6) is 11.5 Å². The molecule has 2 aliphatic rings. The van der Waals surface area contributed by atoms with E-state index < -0.39 is 12.0 Å². The molecule has 192 valence electrons. The molecule has 2 aliphatic heterocycles. The molecule has 9 heteroatoms. The number of esters is 1. The predicted octanol–water partition coefficient (Wildman–Crippen LogP) is 2.92. The van der Waals surface area contributed by atoms with Crippen LogP contribution in [0.4, 0.5) is 10.5 Å². The Bertz CT molecular complexity index is 1170. The minimum Gasteiger partial charge on any atom is -0.493 e. The highest BCUT2D eigenvalue weighted by Gasteiger charge is 2.35. The van der Waals surface area contributed by atoms with Crippen molar-refractivity contribution in [3.8, 4) is 11.5 Å². The van der Waals surface area contributed by atoms with Gasteiger partial charge in [-0.1, -0.05) is 18.2 Å². The number of ether oxygens (including phenoxy) is 3. The first-order chi connectivity index (χ1) is 17.3. The third-order valence-corrected chi connectivity index (χ3v) is 6.76. The zero-order valence-corrected chi connectivity index (χ0v) is 21.5. The normalized spacial score (nSPS) is 18.4. The van der Waals surface area contributed by atoms with Crippen LogP contribution in [0.25, 0.3) is 0 Å². The Labute approximate surface area is 212 Å². The molecule has 0 bridgehead atoms. The third-order valence-electron chi connectivity index (χ3n) is 6.76. The second-order valence-electron chi connectivity index (χ2n) is 9.08. The van der Waals surface area contributed by atoms with Gasteiger partial charge in [0.25, 0.3) is 0 Å². The Morgan fingerprint density at radius 3 is 2.36 bits per heavy atom. The number of rotatable bonds is 7. The lowest BCUT2D eigenvalue weighted by atomic mass is 9.94. The molecule has 4 rings (SSSR count). The van der Waals surface area contributed by atoms with Crippen LogP contribution in [0.2, 0.25) is 0 Å². The van der Waals surface area contributed by atoms with Gasteiger partial charge in [-0.25, -0.2) is 9.59 Å². The number of piperazine rings is 1. The van der Waals surface area contributed by atoms with E-state index in [1.165, 1.54) is 23.9 Å². The smallest absolute Gasteiger partial charge is 0.338 e. The summed E-state index contributed by atoms with van der Waals surface area (Å²) in [7, 11) is 4.45. The van der Waals surface area contributed by atoms with Gasteiger partial charge in [-0.05, 0) is 48.7 Å². The number of anilines is 1. The molecule has 0 radical (unpaired) electrons. The van der Waals surface area contributed by atoms with Crippen LogP contribution in [0.1, 0.15) is 22.7 Å². The minimum absolute atomic E-state index is 0.369. The molecular weight excluding hydrogens is 460 g/mol. The SMILES string of the molecule is COC(=O)C1=C(CN2CCN(c3cc(C)ccc3C)CC2)NC(=O)NC1c1ccc(OC)c(OC)c1. The molecule has 2 aromatic carbocycles. The highest BCUT2D eigenvalue weighted by Crippen LogP contribution is 2.34. The van der Waals surface area contributed by atoms with Crippen LogP contribution in [0.3, 0.4) is 0 Å². The Balaban J connectivity index is 1.58. The molecular formula is C27H34N4O5. The number of benzene rings is 2. The van der Waals surface area contributed by atoms with Crippen molar-refractivity contribution in [2.75, 3.05) is 59.0 Å². The van der Waals surface area contributed by atoms with Crippen molar-refractivity contribution >= 4 is 17.7 Å². The van der Waals surface area contributed by atoms with Crippen LogP contribution < -0.4 is 25.0 Å². The maximum atomic E-state index is 12.9. The lowest BCUT2D eigenvalue weighted by Crippen LogP contribution is -2.51. The largest absolute Gasteiger partial charge is 0.493 e. The minimum atomic E-state index is -0.683. The van der Waals surface area contributed by atoms with Crippen molar-refractivity contribution < 1.29 is 23.8 Å². The van der Waals surface area contributed by atoms with Crippen molar-refractivity contribution in [1.82, 2.24) is 15.5 Å². The lowest BCUT2D eigenvalue weighted by Gasteiger charge is -2.38. The summed E-state index contributed by atoms with van der Waals surface area (Å²) in [5, 5.41) is 5.72. The number of amides is 2.